The van der Waals surface area contributed by atoms with Crippen molar-refractivity contribution in [3.05, 3.63) is 65.2 Å². The summed E-state index contributed by atoms with van der Waals surface area (Å²) in [5.74, 6) is 0.130. The lowest BCUT2D eigenvalue weighted by atomic mass is 10.2. The molecular weight excluding hydrogens is 371 g/mol. The molecule has 0 aliphatic heterocycles. The van der Waals surface area contributed by atoms with Gasteiger partial charge in [0, 0.05) is 25.4 Å². The van der Waals surface area contributed by atoms with Gasteiger partial charge in [-0.3, -0.25) is 4.79 Å². The number of alkyl halides is 2. The van der Waals surface area contributed by atoms with Gasteiger partial charge in [0.2, 0.25) is 5.91 Å². The molecule has 0 aliphatic rings. The Morgan fingerprint density at radius 1 is 1.21 bits per heavy atom. The third-order valence-corrected chi connectivity index (χ3v) is 3.91. The van der Waals surface area contributed by atoms with Crippen LogP contribution in [0.3, 0.4) is 0 Å². The van der Waals surface area contributed by atoms with Crippen LogP contribution in [0, 0.1) is 12.7 Å². The SMILES string of the molecule is CC(=O)NCc1cc(Nc2ccc(F)cc2)nc(-n2cc(C)c(C(F)F)n2)c1. The number of hydrogen-bond donors (Lipinski definition) is 2. The van der Waals surface area contributed by atoms with Crippen LogP contribution in [0.2, 0.25) is 0 Å². The van der Waals surface area contributed by atoms with Crippen LogP contribution in [0.5, 0.6) is 0 Å². The molecule has 28 heavy (non-hydrogen) atoms. The Hall–Kier alpha value is -3.36. The van der Waals surface area contributed by atoms with Crippen LogP contribution < -0.4 is 10.6 Å². The van der Waals surface area contributed by atoms with Gasteiger partial charge < -0.3 is 10.6 Å². The number of carbonyl (C=O) groups excluding carboxylic acids is 1. The molecule has 0 bridgehead atoms. The standard InChI is InChI=1S/C19H18F3N5O/c1-11-10-27(26-18(11)19(21)22)17-8-13(9-23-12(2)28)7-16(25-17)24-15-5-3-14(20)4-6-15/h3-8,10,19H,9H2,1-2H3,(H,23,28)(H,24,25). The largest absolute Gasteiger partial charge is 0.352 e. The Balaban J connectivity index is 1.98. The lowest BCUT2D eigenvalue weighted by Gasteiger charge is -2.11. The summed E-state index contributed by atoms with van der Waals surface area (Å²) in [6, 6.07) is 9.04. The first-order chi connectivity index (χ1) is 13.3. The maximum absolute atomic E-state index is 13.1. The fourth-order valence-corrected chi connectivity index (χ4v) is 2.57. The minimum atomic E-state index is -2.69. The monoisotopic (exact) mass is 389 g/mol. The zero-order valence-corrected chi connectivity index (χ0v) is 15.2. The van der Waals surface area contributed by atoms with E-state index in [1.54, 1.807) is 31.2 Å². The lowest BCUT2D eigenvalue weighted by Crippen LogP contribution is -2.19. The summed E-state index contributed by atoms with van der Waals surface area (Å²) < 4.78 is 40.5. The van der Waals surface area contributed by atoms with Gasteiger partial charge in [0.05, 0.1) is 0 Å². The Bertz CT molecular complexity index is 986. The van der Waals surface area contributed by atoms with E-state index in [-0.39, 0.29) is 24.0 Å². The van der Waals surface area contributed by atoms with Gasteiger partial charge in [0.1, 0.15) is 17.3 Å². The second-order valence-corrected chi connectivity index (χ2v) is 6.20. The molecule has 9 heteroatoms. The molecule has 1 amide bonds. The first-order valence-corrected chi connectivity index (χ1v) is 8.44. The number of carbonyl (C=O) groups is 1. The Kier molecular flexibility index (Phi) is 5.62. The summed E-state index contributed by atoms with van der Waals surface area (Å²) in [6.45, 7) is 3.17. The molecule has 1 aromatic carbocycles. The van der Waals surface area contributed by atoms with E-state index in [1.165, 1.54) is 29.9 Å². The van der Waals surface area contributed by atoms with Crippen molar-refractivity contribution in [3.8, 4) is 5.82 Å². The molecule has 0 fully saturated rings. The number of benzene rings is 1. The van der Waals surface area contributed by atoms with Gasteiger partial charge in [-0.1, -0.05) is 0 Å². The first-order valence-electron chi connectivity index (χ1n) is 8.44. The molecule has 0 unspecified atom stereocenters. The molecule has 0 saturated heterocycles. The van der Waals surface area contributed by atoms with Crippen LogP contribution in [0.1, 0.15) is 30.2 Å². The van der Waals surface area contributed by atoms with E-state index in [0.717, 1.165) is 0 Å². The molecule has 2 heterocycles. The molecule has 2 N–H and O–H groups in total. The van der Waals surface area contributed by atoms with Gasteiger partial charge in [-0.2, -0.15) is 5.10 Å². The van der Waals surface area contributed by atoms with Crippen molar-refractivity contribution < 1.29 is 18.0 Å². The maximum Gasteiger partial charge on any atom is 0.282 e. The van der Waals surface area contributed by atoms with Crippen LogP contribution in [0.15, 0.2) is 42.6 Å². The average molecular weight is 389 g/mol. The molecule has 0 radical (unpaired) electrons. The molecule has 0 spiro atoms. The van der Waals surface area contributed by atoms with Crippen molar-refractivity contribution in [2.75, 3.05) is 5.32 Å². The second kappa shape index (κ2) is 8.12. The van der Waals surface area contributed by atoms with Crippen molar-refractivity contribution in [2.24, 2.45) is 0 Å². The summed E-state index contributed by atoms with van der Waals surface area (Å²) in [5, 5.41) is 9.63. The molecule has 2 aromatic heterocycles. The first kappa shape index (κ1) is 19.4. The van der Waals surface area contributed by atoms with Gasteiger partial charge in [-0.15, -0.1) is 0 Å². The Labute approximate surface area is 159 Å². The number of nitrogens with one attached hydrogen (secondary N) is 2. The molecule has 3 rings (SSSR count). The van der Waals surface area contributed by atoms with Crippen LogP contribution in [0.25, 0.3) is 5.82 Å². The van der Waals surface area contributed by atoms with Gasteiger partial charge in [-0.25, -0.2) is 22.8 Å². The summed E-state index contributed by atoms with van der Waals surface area (Å²) in [7, 11) is 0. The number of nitrogens with zero attached hydrogens (tertiary/aromatic N) is 3. The van der Waals surface area contributed by atoms with Crippen molar-refractivity contribution in [1.29, 1.82) is 0 Å². The minimum Gasteiger partial charge on any atom is -0.352 e. The van der Waals surface area contributed by atoms with E-state index < -0.39 is 6.43 Å². The highest BCUT2D eigenvalue weighted by Gasteiger charge is 2.17. The number of hydrogen-bond acceptors (Lipinski definition) is 4. The number of rotatable bonds is 6. The van der Waals surface area contributed by atoms with Gasteiger partial charge >= 0.3 is 0 Å². The third kappa shape index (κ3) is 4.67. The minimum absolute atomic E-state index is 0.207. The summed E-state index contributed by atoms with van der Waals surface area (Å²) in [4.78, 5) is 15.6. The molecule has 146 valence electrons. The number of pyridine rings is 1. The number of halogens is 3. The normalized spacial score (nSPS) is 10.9. The van der Waals surface area contributed by atoms with Crippen LogP contribution in [-0.2, 0) is 11.3 Å². The second-order valence-electron chi connectivity index (χ2n) is 6.20. The summed E-state index contributed by atoms with van der Waals surface area (Å²) in [6.07, 6.45) is -1.23. The topological polar surface area (TPSA) is 71.8 Å². The number of aromatic nitrogens is 3. The fourth-order valence-electron chi connectivity index (χ4n) is 2.57. The molecule has 0 saturated carbocycles. The third-order valence-electron chi connectivity index (χ3n) is 3.91. The fraction of sp³-hybridized carbons (Fsp3) is 0.211. The van der Waals surface area contributed by atoms with Crippen LogP contribution in [-0.4, -0.2) is 20.7 Å². The van der Waals surface area contributed by atoms with E-state index in [9.17, 15) is 18.0 Å². The highest BCUT2D eigenvalue weighted by atomic mass is 19.3. The highest BCUT2D eigenvalue weighted by Crippen LogP contribution is 2.23. The molecular formula is C19H18F3N5O. The number of anilines is 2. The quantitative estimate of drug-likeness (QED) is 0.668. The van der Waals surface area contributed by atoms with Gasteiger partial charge in [0.25, 0.3) is 6.43 Å². The number of aryl methyl sites for hydroxylation is 1. The summed E-state index contributed by atoms with van der Waals surface area (Å²) in [5.41, 5.74) is 1.32. The van der Waals surface area contributed by atoms with E-state index in [1.807, 2.05) is 0 Å². The predicted octanol–water partition coefficient (Wildman–Crippen LogP) is 4.03. The maximum atomic E-state index is 13.1. The highest BCUT2D eigenvalue weighted by molar-refractivity contribution is 5.72. The van der Waals surface area contributed by atoms with Crippen LogP contribution in [0.4, 0.5) is 24.7 Å². The molecule has 3 aromatic rings. The zero-order chi connectivity index (χ0) is 20.3. The van der Waals surface area contributed by atoms with Gasteiger partial charge in [-0.05, 0) is 54.4 Å². The van der Waals surface area contributed by atoms with Crippen molar-refractivity contribution in [2.45, 2.75) is 26.8 Å². The van der Waals surface area contributed by atoms with E-state index in [4.69, 9.17) is 0 Å². The van der Waals surface area contributed by atoms with Crippen molar-refractivity contribution in [3.63, 3.8) is 0 Å². The molecule has 0 atom stereocenters. The number of amides is 1. The Morgan fingerprint density at radius 2 is 1.93 bits per heavy atom. The average Bonchev–Trinajstić information content (AvgIpc) is 3.04. The lowest BCUT2D eigenvalue weighted by molar-refractivity contribution is -0.119. The zero-order valence-electron chi connectivity index (χ0n) is 15.2. The smallest absolute Gasteiger partial charge is 0.282 e. The van der Waals surface area contributed by atoms with Crippen molar-refractivity contribution >= 4 is 17.4 Å². The van der Waals surface area contributed by atoms with E-state index in [0.29, 0.717) is 28.5 Å². The van der Waals surface area contributed by atoms with Gasteiger partial charge in [0.15, 0.2) is 5.82 Å². The van der Waals surface area contributed by atoms with E-state index >= 15 is 0 Å². The Morgan fingerprint density at radius 3 is 2.54 bits per heavy atom. The molecule has 0 aliphatic carbocycles. The van der Waals surface area contributed by atoms with Crippen LogP contribution >= 0.6 is 0 Å². The van der Waals surface area contributed by atoms with Crippen molar-refractivity contribution in [1.82, 2.24) is 20.1 Å². The molecule has 6 nitrogen and oxygen atoms in total. The predicted molar refractivity (Wildman–Crippen MR) is 98.3 cm³/mol. The van der Waals surface area contributed by atoms with E-state index in [2.05, 4.69) is 20.7 Å². The summed E-state index contributed by atoms with van der Waals surface area (Å²) >= 11 is 0.